The fourth-order valence-corrected chi connectivity index (χ4v) is 2.34. The Kier molecular flexibility index (Phi) is 7.25. The number of guanidine groups is 1. The van der Waals surface area contributed by atoms with Gasteiger partial charge in [0.1, 0.15) is 24.7 Å². The number of nitrogens with zero attached hydrogens (tertiary/aromatic N) is 4. The molecule has 0 spiro atoms. The van der Waals surface area contributed by atoms with Gasteiger partial charge < -0.3 is 19.9 Å². The monoisotopic (exact) mass is 344 g/mol. The molecule has 0 amide bonds. The number of rotatable bonds is 8. The first-order valence-electron chi connectivity index (χ1n) is 8.75. The summed E-state index contributed by atoms with van der Waals surface area (Å²) in [5.41, 5.74) is 1.13. The third-order valence-corrected chi connectivity index (χ3v) is 3.74. The van der Waals surface area contributed by atoms with Crippen LogP contribution in [0.25, 0.3) is 0 Å². The summed E-state index contributed by atoms with van der Waals surface area (Å²) in [4.78, 5) is 4.58. The van der Waals surface area contributed by atoms with Gasteiger partial charge in [0.25, 0.3) is 0 Å². The lowest BCUT2D eigenvalue weighted by Crippen LogP contribution is -2.41. The van der Waals surface area contributed by atoms with Gasteiger partial charge in [0, 0.05) is 13.1 Å². The van der Waals surface area contributed by atoms with Crippen LogP contribution in [0.3, 0.4) is 0 Å². The highest BCUT2D eigenvalue weighted by Gasteiger charge is 2.08. The van der Waals surface area contributed by atoms with Crippen molar-refractivity contribution >= 4 is 5.96 Å². The molecule has 25 heavy (non-hydrogen) atoms. The second-order valence-corrected chi connectivity index (χ2v) is 5.80. The molecule has 0 aliphatic heterocycles. The molecular formula is C18H28N6O. The van der Waals surface area contributed by atoms with Crippen LogP contribution in [0, 0.1) is 6.92 Å². The molecule has 0 saturated heterocycles. The molecule has 1 aromatic carbocycles. The lowest BCUT2D eigenvalue weighted by molar-refractivity contribution is 0.222. The minimum Gasteiger partial charge on any atom is -0.489 e. The first-order chi connectivity index (χ1) is 12.1. The van der Waals surface area contributed by atoms with Crippen LogP contribution in [-0.4, -0.2) is 39.9 Å². The van der Waals surface area contributed by atoms with Gasteiger partial charge >= 0.3 is 0 Å². The molecule has 0 bridgehead atoms. The summed E-state index contributed by atoms with van der Waals surface area (Å²) < 4.78 is 7.97. The lowest BCUT2D eigenvalue weighted by atomic mass is 10.2. The van der Waals surface area contributed by atoms with Crippen LogP contribution in [0.1, 0.15) is 32.2 Å². The van der Waals surface area contributed by atoms with Gasteiger partial charge in [0.05, 0.1) is 6.54 Å². The van der Waals surface area contributed by atoms with Crippen LogP contribution in [0.2, 0.25) is 0 Å². The van der Waals surface area contributed by atoms with E-state index in [1.54, 1.807) is 6.33 Å². The van der Waals surface area contributed by atoms with Crippen molar-refractivity contribution in [2.24, 2.45) is 4.99 Å². The van der Waals surface area contributed by atoms with Crippen molar-refractivity contribution in [3.05, 3.63) is 42.0 Å². The van der Waals surface area contributed by atoms with Crippen molar-refractivity contribution in [1.82, 2.24) is 25.4 Å². The molecule has 1 heterocycles. The largest absolute Gasteiger partial charge is 0.489 e. The Balaban J connectivity index is 1.90. The fourth-order valence-electron chi connectivity index (χ4n) is 2.34. The number of aryl methyl sites for hydroxylation is 2. The minimum absolute atomic E-state index is 0.0178. The van der Waals surface area contributed by atoms with Gasteiger partial charge in [-0.15, -0.1) is 10.2 Å². The van der Waals surface area contributed by atoms with Crippen molar-refractivity contribution < 1.29 is 4.74 Å². The quantitative estimate of drug-likeness (QED) is 0.567. The Morgan fingerprint density at radius 3 is 2.80 bits per heavy atom. The Morgan fingerprint density at radius 1 is 1.28 bits per heavy atom. The lowest BCUT2D eigenvalue weighted by Gasteiger charge is -2.18. The van der Waals surface area contributed by atoms with Crippen LogP contribution in [0.4, 0.5) is 0 Å². The average molecular weight is 344 g/mol. The summed E-state index contributed by atoms with van der Waals surface area (Å²) in [5, 5.41) is 14.6. The van der Waals surface area contributed by atoms with Crippen molar-refractivity contribution in [2.75, 3.05) is 13.1 Å². The van der Waals surface area contributed by atoms with E-state index in [1.807, 2.05) is 49.6 Å². The number of para-hydroxylation sites is 1. The first kappa shape index (κ1) is 18.8. The van der Waals surface area contributed by atoms with Gasteiger partial charge in [0.2, 0.25) is 0 Å². The topological polar surface area (TPSA) is 76.4 Å². The van der Waals surface area contributed by atoms with Gasteiger partial charge in [-0.1, -0.05) is 18.2 Å². The molecule has 0 aliphatic rings. The van der Waals surface area contributed by atoms with Gasteiger partial charge in [-0.05, 0) is 39.3 Å². The molecule has 0 saturated carbocycles. The fraction of sp³-hybridized carbons (Fsp3) is 0.500. The third-order valence-electron chi connectivity index (χ3n) is 3.74. The van der Waals surface area contributed by atoms with E-state index in [-0.39, 0.29) is 6.10 Å². The van der Waals surface area contributed by atoms with E-state index in [9.17, 15) is 0 Å². The molecule has 1 unspecified atom stereocenters. The number of nitrogens with one attached hydrogen (secondary N) is 2. The summed E-state index contributed by atoms with van der Waals surface area (Å²) in [6.07, 6.45) is 1.74. The van der Waals surface area contributed by atoms with Crippen LogP contribution in [0.5, 0.6) is 5.75 Å². The highest BCUT2D eigenvalue weighted by Crippen LogP contribution is 2.17. The molecule has 0 radical (unpaired) electrons. The van der Waals surface area contributed by atoms with E-state index in [2.05, 4.69) is 32.7 Å². The van der Waals surface area contributed by atoms with Crippen LogP contribution < -0.4 is 15.4 Å². The first-order valence-corrected chi connectivity index (χ1v) is 8.75. The molecule has 0 aliphatic carbocycles. The molecule has 1 aromatic heterocycles. The maximum Gasteiger partial charge on any atom is 0.191 e. The summed E-state index contributed by atoms with van der Waals surface area (Å²) in [6, 6.07) is 8.03. The number of hydrogen-bond donors (Lipinski definition) is 2. The third kappa shape index (κ3) is 5.77. The molecule has 2 aromatic rings. The summed E-state index contributed by atoms with van der Waals surface area (Å²) in [5.74, 6) is 2.51. The van der Waals surface area contributed by atoms with E-state index in [4.69, 9.17) is 4.74 Å². The van der Waals surface area contributed by atoms with Crippen molar-refractivity contribution in [3.8, 4) is 5.75 Å². The molecule has 1 atom stereocenters. The van der Waals surface area contributed by atoms with Gasteiger partial charge in [-0.25, -0.2) is 4.99 Å². The van der Waals surface area contributed by atoms with Crippen molar-refractivity contribution in [1.29, 1.82) is 0 Å². The highest BCUT2D eigenvalue weighted by molar-refractivity contribution is 5.79. The Hall–Kier alpha value is -2.57. The van der Waals surface area contributed by atoms with Crippen LogP contribution >= 0.6 is 0 Å². The molecule has 7 heteroatoms. The van der Waals surface area contributed by atoms with E-state index in [1.165, 1.54) is 0 Å². The van der Waals surface area contributed by atoms with Crippen molar-refractivity contribution in [3.63, 3.8) is 0 Å². The zero-order valence-electron chi connectivity index (χ0n) is 15.5. The number of ether oxygens (including phenoxy) is 1. The van der Waals surface area contributed by atoms with Gasteiger partial charge in [-0.2, -0.15) is 0 Å². The van der Waals surface area contributed by atoms with E-state index in [0.29, 0.717) is 13.1 Å². The SMILES string of the molecule is CCNC(=NCc1nncn1CC)NCC(C)Oc1ccccc1C. The zero-order valence-corrected chi connectivity index (χ0v) is 15.5. The number of hydrogen-bond acceptors (Lipinski definition) is 4. The molecule has 0 fully saturated rings. The normalized spacial score (nSPS) is 12.7. The molecule has 136 valence electrons. The predicted molar refractivity (Wildman–Crippen MR) is 99.8 cm³/mol. The Morgan fingerprint density at radius 2 is 2.08 bits per heavy atom. The van der Waals surface area contributed by atoms with Crippen molar-refractivity contribution in [2.45, 2.75) is 46.9 Å². The van der Waals surface area contributed by atoms with Gasteiger partial charge in [0.15, 0.2) is 11.8 Å². The smallest absolute Gasteiger partial charge is 0.191 e. The molecule has 7 nitrogen and oxygen atoms in total. The van der Waals surface area contributed by atoms with Crippen LogP contribution in [0.15, 0.2) is 35.6 Å². The van der Waals surface area contributed by atoms with E-state index in [0.717, 1.165) is 36.2 Å². The average Bonchev–Trinajstić information content (AvgIpc) is 3.07. The second kappa shape index (κ2) is 9.66. The number of aliphatic imine (C=N–C) groups is 1. The molecule has 2 N–H and O–H groups in total. The number of benzene rings is 1. The zero-order chi connectivity index (χ0) is 18.1. The highest BCUT2D eigenvalue weighted by atomic mass is 16.5. The molecule has 2 rings (SSSR count). The Bertz CT molecular complexity index is 682. The Labute approximate surface area is 149 Å². The standard InChI is InChI=1S/C18H28N6O/c1-5-19-18(21-12-17-23-22-13-24(17)6-2)20-11-15(4)25-16-10-8-7-9-14(16)3/h7-10,13,15H,5-6,11-12H2,1-4H3,(H2,19,20,21). The predicted octanol–water partition coefficient (Wildman–Crippen LogP) is 2.13. The van der Waals surface area contributed by atoms with Gasteiger partial charge in [-0.3, -0.25) is 0 Å². The summed E-state index contributed by atoms with van der Waals surface area (Å²) in [6.45, 7) is 10.9. The maximum atomic E-state index is 5.99. The van der Waals surface area contributed by atoms with E-state index >= 15 is 0 Å². The minimum atomic E-state index is 0.0178. The summed E-state index contributed by atoms with van der Waals surface area (Å²) >= 11 is 0. The maximum absolute atomic E-state index is 5.99. The van der Waals surface area contributed by atoms with Crippen LogP contribution in [-0.2, 0) is 13.1 Å². The summed E-state index contributed by atoms with van der Waals surface area (Å²) in [7, 11) is 0. The molecular weight excluding hydrogens is 316 g/mol. The van der Waals surface area contributed by atoms with E-state index < -0.39 is 0 Å². The second-order valence-electron chi connectivity index (χ2n) is 5.80. The number of aromatic nitrogens is 3.